The van der Waals surface area contributed by atoms with E-state index >= 15 is 0 Å². The summed E-state index contributed by atoms with van der Waals surface area (Å²) < 4.78 is 14.0. The van der Waals surface area contributed by atoms with Gasteiger partial charge in [-0.3, -0.25) is 14.3 Å². The number of carbonyl (C=O) groups is 1. The van der Waals surface area contributed by atoms with Crippen molar-refractivity contribution >= 4 is 5.91 Å². The van der Waals surface area contributed by atoms with E-state index in [1.54, 1.807) is 48.0 Å². The number of amides is 1. The minimum absolute atomic E-state index is 0.0181. The van der Waals surface area contributed by atoms with Gasteiger partial charge in [0.25, 0.3) is 11.5 Å². The molecule has 1 amide bonds. The van der Waals surface area contributed by atoms with Crippen molar-refractivity contribution in [2.75, 3.05) is 14.2 Å². The highest BCUT2D eigenvalue weighted by molar-refractivity contribution is 5.95. The molecule has 0 aliphatic rings. The minimum atomic E-state index is -0.198. The lowest BCUT2D eigenvalue weighted by Crippen LogP contribution is -2.23. The van der Waals surface area contributed by atoms with E-state index in [1.807, 2.05) is 42.5 Å². The van der Waals surface area contributed by atoms with Crippen molar-refractivity contribution in [2.45, 2.75) is 32.7 Å². The average molecular weight is 487 g/mol. The molecule has 8 nitrogen and oxygen atoms in total. The van der Waals surface area contributed by atoms with Crippen LogP contribution in [0.3, 0.4) is 0 Å². The second-order valence-electron chi connectivity index (χ2n) is 8.45. The van der Waals surface area contributed by atoms with Gasteiger partial charge >= 0.3 is 0 Å². The summed E-state index contributed by atoms with van der Waals surface area (Å²) in [5, 5.41) is 7.53. The van der Waals surface area contributed by atoms with Crippen molar-refractivity contribution in [3.8, 4) is 5.75 Å². The standard InChI is InChI=1S/C28H30N4O4/c1-35-20-26-25(28(34)29-17-23-6-5-7-24(16-23)36-2)19-32(30-26)15-13-21-9-11-22(12-10-21)18-31-14-4-3-8-27(31)33/h3-12,14,16,19H,13,15,17-18,20H2,1-2H3,(H,29,34). The van der Waals surface area contributed by atoms with Crippen molar-refractivity contribution in [2.24, 2.45) is 0 Å². The highest BCUT2D eigenvalue weighted by Crippen LogP contribution is 2.14. The summed E-state index contributed by atoms with van der Waals surface area (Å²) in [6.07, 6.45) is 4.31. The molecule has 0 saturated heterocycles. The molecule has 36 heavy (non-hydrogen) atoms. The van der Waals surface area contributed by atoms with E-state index in [4.69, 9.17) is 9.47 Å². The number of aryl methyl sites for hydroxylation is 2. The zero-order chi connectivity index (χ0) is 25.3. The predicted molar refractivity (Wildman–Crippen MR) is 137 cm³/mol. The van der Waals surface area contributed by atoms with Crippen LogP contribution in [0.25, 0.3) is 0 Å². The first-order valence-corrected chi connectivity index (χ1v) is 11.8. The van der Waals surface area contributed by atoms with Crippen molar-refractivity contribution in [1.82, 2.24) is 19.7 Å². The van der Waals surface area contributed by atoms with Gasteiger partial charge in [-0.2, -0.15) is 5.10 Å². The van der Waals surface area contributed by atoms with Crippen molar-refractivity contribution < 1.29 is 14.3 Å². The molecule has 0 atom stereocenters. The highest BCUT2D eigenvalue weighted by Gasteiger charge is 2.16. The number of aromatic nitrogens is 3. The van der Waals surface area contributed by atoms with E-state index < -0.39 is 0 Å². The molecule has 2 aromatic carbocycles. The van der Waals surface area contributed by atoms with Gasteiger partial charge in [-0.15, -0.1) is 0 Å². The Hall–Kier alpha value is -4.17. The van der Waals surface area contributed by atoms with E-state index in [9.17, 15) is 9.59 Å². The molecule has 0 bridgehead atoms. The summed E-state index contributed by atoms with van der Waals surface area (Å²) in [5.74, 6) is 0.549. The minimum Gasteiger partial charge on any atom is -0.497 e. The second-order valence-corrected chi connectivity index (χ2v) is 8.45. The summed E-state index contributed by atoms with van der Waals surface area (Å²) in [7, 11) is 3.20. The smallest absolute Gasteiger partial charge is 0.255 e. The van der Waals surface area contributed by atoms with Crippen molar-refractivity contribution in [3.63, 3.8) is 0 Å². The van der Waals surface area contributed by atoms with Crippen LogP contribution in [-0.2, 0) is 37.4 Å². The molecule has 2 heterocycles. The number of nitrogens with one attached hydrogen (secondary N) is 1. The van der Waals surface area contributed by atoms with Gasteiger partial charge in [0.15, 0.2) is 0 Å². The SMILES string of the molecule is COCc1nn(CCc2ccc(Cn3ccccc3=O)cc2)cc1C(=O)NCc1cccc(OC)c1. The van der Waals surface area contributed by atoms with Gasteiger partial charge in [-0.05, 0) is 41.3 Å². The van der Waals surface area contributed by atoms with Crippen LogP contribution in [0.2, 0.25) is 0 Å². The number of ether oxygens (including phenoxy) is 2. The fourth-order valence-electron chi connectivity index (χ4n) is 3.91. The van der Waals surface area contributed by atoms with Crippen LogP contribution in [0.1, 0.15) is 32.7 Å². The zero-order valence-corrected chi connectivity index (χ0v) is 20.5. The Labute approximate surface area is 210 Å². The molecule has 1 N–H and O–H groups in total. The lowest BCUT2D eigenvalue weighted by Gasteiger charge is -2.07. The molecule has 4 aromatic rings. The van der Waals surface area contributed by atoms with E-state index in [0.29, 0.717) is 30.9 Å². The number of carbonyl (C=O) groups excluding carboxylic acids is 1. The largest absolute Gasteiger partial charge is 0.497 e. The van der Waals surface area contributed by atoms with Crippen LogP contribution in [0.5, 0.6) is 5.75 Å². The average Bonchev–Trinajstić information content (AvgIpc) is 3.31. The summed E-state index contributed by atoms with van der Waals surface area (Å²) in [6, 6.07) is 20.9. The summed E-state index contributed by atoms with van der Waals surface area (Å²) in [6.45, 7) is 1.79. The van der Waals surface area contributed by atoms with Crippen LogP contribution >= 0.6 is 0 Å². The van der Waals surface area contributed by atoms with Gasteiger partial charge in [0.1, 0.15) is 11.4 Å². The van der Waals surface area contributed by atoms with Gasteiger partial charge in [-0.25, -0.2) is 0 Å². The number of nitrogens with zero attached hydrogens (tertiary/aromatic N) is 3. The van der Waals surface area contributed by atoms with Gasteiger partial charge in [0.05, 0.1) is 25.8 Å². The lowest BCUT2D eigenvalue weighted by molar-refractivity contribution is 0.0946. The second kappa shape index (κ2) is 12.0. The van der Waals surface area contributed by atoms with Gasteiger partial charge < -0.3 is 19.4 Å². The number of benzene rings is 2. The predicted octanol–water partition coefficient (Wildman–Crippen LogP) is 3.42. The maximum absolute atomic E-state index is 12.9. The van der Waals surface area contributed by atoms with Crippen LogP contribution in [-0.4, -0.2) is 34.5 Å². The maximum atomic E-state index is 12.9. The molecule has 0 spiro atoms. The molecule has 4 rings (SSSR count). The molecule has 0 saturated carbocycles. The number of rotatable bonds is 11. The number of hydrogen-bond donors (Lipinski definition) is 1. The molecule has 2 aromatic heterocycles. The van der Waals surface area contributed by atoms with Crippen molar-refractivity contribution in [1.29, 1.82) is 0 Å². The van der Waals surface area contributed by atoms with Crippen LogP contribution in [0.15, 0.2) is 83.9 Å². The number of methoxy groups -OCH3 is 2. The molecule has 186 valence electrons. The molecule has 0 aliphatic carbocycles. The Morgan fingerprint density at radius 2 is 1.78 bits per heavy atom. The Kier molecular flexibility index (Phi) is 8.31. The van der Waals surface area contributed by atoms with Gasteiger partial charge in [0, 0.05) is 38.7 Å². The van der Waals surface area contributed by atoms with E-state index in [1.165, 1.54) is 0 Å². The molecule has 0 radical (unpaired) electrons. The highest BCUT2D eigenvalue weighted by atomic mass is 16.5. The number of pyridine rings is 1. The third kappa shape index (κ3) is 6.49. The maximum Gasteiger partial charge on any atom is 0.255 e. The zero-order valence-electron chi connectivity index (χ0n) is 20.5. The quantitative estimate of drug-likeness (QED) is 0.351. The Morgan fingerprint density at radius 3 is 2.53 bits per heavy atom. The monoisotopic (exact) mass is 486 g/mol. The molecule has 0 aliphatic heterocycles. The topological polar surface area (TPSA) is 87.4 Å². The summed E-state index contributed by atoms with van der Waals surface area (Å²) in [5.41, 5.74) is 4.24. The van der Waals surface area contributed by atoms with Crippen molar-refractivity contribution in [3.05, 3.63) is 117 Å². The first-order valence-electron chi connectivity index (χ1n) is 11.8. The molecular weight excluding hydrogens is 456 g/mol. The fraction of sp³-hybridized carbons (Fsp3) is 0.250. The van der Waals surface area contributed by atoms with Gasteiger partial charge in [-0.1, -0.05) is 42.5 Å². The lowest BCUT2D eigenvalue weighted by atomic mass is 10.1. The van der Waals surface area contributed by atoms with E-state index in [0.717, 1.165) is 28.9 Å². The Bertz CT molecular complexity index is 1360. The molecular formula is C28H30N4O4. The Balaban J connectivity index is 1.37. The van der Waals surface area contributed by atoms with E-state index in [-0.39, 0.29) is 18.1 Å². The van der Waals surface area contributed by atoms with Gasteiger partial charge in [0.2, 0.25) is 0 Å². The number of hydrogen-bond acceptors (Lipinski definition) is 5. The third-order valence-electron chi connectivity index (χ3n) is 5.86. The third-order valence-corrected chi connectivity index (χ3v) is 5.86. The molecule has 0 unspecified atom stereocenters. The summed E-state index contributed by atoms with van der Waals surface area (Å²) in [4.78, 5) is 24.8. The fourth-order valence-corrected chi connectivity index (χ4v) is 3.91. The van der Waals surface area contributed by atoms with Crippen LogP contribution in [0, 0.1) is 0 Å². The molecule has 8 heteroatoms. The first kappa shape index (κ1) is 24.9. The normalized spacial score (nSPS) is 10.8. The Morgan fingerprint density at radius 1 is 0.972 bits per heavy atom. The van der Waals surface area contributed by atoms with E-state index in [2.05, 4.69) is 22.5 Å². The first-order chi connectivity index (χ1) is 17.6. The van der Waals surface area contributed by atoms with Crippen LogP contribution < -0.4 is 15.6 Å². The van der Waals surface area contributed by atoms with Crippen LogP contribution in [0.4, 0.5) is 0 Å². The molecule has 0 fully saturated rings. The summed E-state index contributed by atoms with van der Waals surface area (Å²) >= 11 is 0.